The first kappa shape index (κ1) is 20.0. The van der Waals surface area contributed by atoms with Crippen molar-refractivity contribution < 1.29 is 22.4 Å². The van der Waals surface area contributed by atoms with Gasteiger partial charge in [-0.1, -0.05) is 0 Å². The van der Waals surface area contributed by atoms with E-state index in [0.29, 0.717) is 11.3 Å². The number of hydrogen-bond donors (Lipinski definition) is 3. The maximum Gasteiger partial charge on any atom is 0.393 e. The molecule has 1 aliphatic heterocycles. The Labute approximate surface area is 169 Å². The highest BCUT2D eigenvalue weighted by Gasteiger charge is 2.44. The normalized spacial score (nSPS) is 19.8. The smallest absolute Gasteiger partial charge is 0.393 e. The minimum Gasteiger partial charge on any atom is -0.438 e. The maximum atomic E-state index is 13.3. The number of fused-ring (bicyclic) bond motifs is 1. The molecule has 0 aromatic carbocycles. The van der Waals surface area contributed by atoms with Gasteiger partial charge in [-0.15, -0.1) is 0 Å². The van der Waals surface area contributed by atoms with Crippen LogP contribution in [0.4, 0.5) is 30.4 Å². The fraction of sp³-hybridized carbons (Fsp3) is 0.316. The van der Waals surface area contributed by atoms with Crippen LogP contribution in [0.1, 0.15) is 16.8 Å². The molecule has 5 N–H and O–H groups in total. The molecule has 0 saturated carbocycles. The van der Waals surface area contributed by atoms with Gasteiger partial charge in [0.1, 0.15) is 11.1 Å². The van der Waals surface area contributed by atoms with Crippen molar-refractivity contribution in [3.63, 3.8) is 0 Å². The summed E-state index contributed by atoms with van der Waals surface area (Å²) < 4.78 is 45.2. The number of amides is 1. The van der Waals surface area contributed by atoms with Crippen molar-refractivity contribution in [2.75, 3.05) is 29.0 Å². The van der Waals surface area contributed by atoms with Gasteiger partial charge >= 0.3 is 6.18 Å². The van der Waals surface area contributed by atoms with E-state index in [4.69, 9.17) is 15.9 Å². The van der Waals surface area contributed by atoms with Gasteiger partial charge in [-0.2, -0.15) is 13.2 Å². The molecule has 1 amide bonds. The fourth-order valence-electron chi connectivity index (χ4n) is 3.68. The molecule has 4 rings (SSSR count). The zero-order valence-corrected chi connectivity index (χ0v) is 15.7. The Balaban J connectivity index is 1.64. The molecular formula is C19H19F3N6O2. The lowest BCUT2D eigenvalue weighted by molar-refractivity contribution is -0.177. The monoisotopic (exact) mass is 420 g/mol. The molecule has 30 heavy (non-hydrogen) atoms. The molecule has 1 aliphatic rings. The number of aromatic nitrogens is 2. The Morgan fingerprint density at radius 3 is 2.83 bits per heavy atom. The van der Waals surface area contributed by atoms with Gasteiger partial charge < -0.3 is 26.1 Å². The number of rotatable bonds is 3. The lowest BCUT2D eigenvalue weighted by Gasteiger charge is -2.39. The lowest BCUT2D eigenvalue weighted by atomic mass is 9.93. The number of carbonyl (C=O) groups excluding carboxylic acids is 1. The van der Waals surface area contributed by atoms with E-state index in [0.717, 1.165) is 0 Å². The Kier molecular flexibility index (Phi) is 4.98. The molecule has 0 radical (unpaired) electrons. The molecule has 1 saturated heterocycles. The molecule has 4 heterocycles. The van der Waals surface area contributed by atoms with Gasteiger partial charge in [0.25, 0.3) is 5.91 Å². The third kappa shape index (κ3) is 3.75. The second-order valence-corrected chi connectivity index (χ2v) is 7.18. The van der Waals surface area contributed by atoms with Gasteiger partial charge in [0.05, 0.1) is 23.5 Å². The Morgan fingerprint density at radius 2 is 2.07 bits per heavy atom. The van der Waals surface area contributed by atoms with E-state index >= 15 is 0 Å². The molecule has 2 atom stereocenters. The van der Waals surface area contributed by atoms with Crippen LogP contribution in [-0.2, 0) is 0 Å². The number of piperidine rings is 1. The van der Waals surface area contributed by atoms with Crippen LogP contribution in [-0.4, -0.2) is 41.2 Å². The third-order valence-corrected chi connectivity index (χ3v) is 5.03. The number of hydrogen-bond acceptors (Lipinski definition) is 7. The summed E-state index contributed by atoms with van der Waals surface area (Å²) in [4.78, 5) is 22.5. The number of carbonyl (C=O) groups is 1. The molecule has 0 aliphatic carbocycles. The van der Waals surface area contributed by atoms with Crippen LogP contribution in [0.5, 0.6) is 0 Å². The van der Waals surface area contributed by atoms with Crippen LogP contribution in [0.25, 0.3) is 11.1 Å². The summed E-state index contributed by atoms with van der Waals surface area (Å²) in [6.07, 6.45) is -0.201. The Hall–Kier alpha value is -3.34. The minimum absolute atomic E-state index is 0.0453. The minimum atomic E-state index is -4.36. The van der Waals surface area contributed by atoms with Gasteiger partial charge in [0, 0.05) is 31.5 Å². The quantitative estimate of drug-likeness (QED) is 0.595. The summed E-state index contributed by atoms with van der Waals surface area (Å²) in [6.45, 7) is -0.0414. The zero-order valence-electron chi connectivity index (χ0n) is 15.7. The molecule has 0 spiro atoms. The fourth-order valence-corrected chi connectivity index (χ4v) is 3.68. The Morgan fingerprint density at radius 1 is 1.27 bits per heavy atom. The highest BCUT2D eigenvalue weighted by Crippen LogP contribution is 2.37. The average Bonchev–Trinajstić information content (AvgIpc) is 3.03. The van der Waals surface area contributed by atoms with Crippen molar-refractivity contribution in [2.24, 2.45) is 11.7 Å². The standard InChI is InChI=1S/C19H19F3N6O2/c20-19(21,22)10-6-11(23)9-28(8-10)13-3-5-25-7-12(13)27-18(29)15-16-14(30-17(15)24)2-1-4-26-16/h1-5,7,10-11H,6,8-9,23-24H2,(H,27,29)/t10?,11-/m0/s1. The molecule has 0 bridgehead atoms. The first-order chi connectivity index (χ1) is 14.2. The van der Waals surface area contributed by atoms with E-state index in [9.17, 15) is 18.0 Å². The maximum absolute atomic E-state index is 13.3. The number of nitrogens with two attached hydrogens (primary N) is 2. The second-order valence-electron chi connectivity index (χ2n) is 7.18. The van der Waals surface area contributed by atoms with E-state index in [-0.39, 0.29) is 42.2 Å². The van der Waals surface area contributed by atoms with Crippen molar-refractivity contribution in [3.8, 4) is 0 Å². The molecule has 3 aromatic heterocycles. The zero-order chi connectivity index (χ0) is 21.5. The first-order valence-electron chi connectivity index (χ1n) is 9.19. The van der Waals surface area contributed by atoms with Crippen molar-refractivity contribution in [1.29, 1.82) is 0 Å². The predicted octanol–water partition coefficient (Wildman–Crippen LogP) is 2.77. The van der Waals surface area contributed by atoms with E-state index in [1.165, 1.54) is 29.6 Å². The third-order valence-electron chi connectivity index (χ3n) is 5.03. The summed E-state index contributed by atoms with van der Waals surface area (Å²) >= 11 is 0. The number of nitrogen functional groups attached to an aromatic ring is 1. The van der Waals surface area contributed by atoms with Gasteiger partial charge in [-0.3, -0.25) is 14.8 Å². The summed E-state index contributed by atoms with van der Waals surface area (Å²) in [7, 11) is 0. The number of nitrogens with one attached hydrogen (secondary N) is 1. The van der Waals surface area contributed by atoms with Gasteiger partial charge in [-0.05, 0) is 24.6 Å². The number of alkyl halides is 3. The molecule has 1 unspecified atom stereocenters. The van der Waals surface area contributed by atoms with Gasteiger partial charge in [0.15, 0.2) is 5.58 Å². The SMILES string of the molecule is Nc1oc2cccnc2c1C(=O)Nc1cnccc1N1CC(C(F)(F)F)C[C@H](N)C1. The summed E-state index contributed by atoms with van der Waals surface area (Å²) in [5.41, 5.74) is 13.0. The molecule has 158 valence electrons. The average molecular weight is 420 g/mol. The number of furan rings is 1. The van der Waals surface area contributed by atoms with E-state index in [2.05, 4.69) is 15.3 Å². The number of anilines is 3. The van der Waals surface area contributed by atoms with Crippen LogP contribution in [0, 0.1) is 5.92 Å². The van der Waals surface area contributed by atoms with Gasteiger partial charge in [-0.25, -0.2) is 0 Å². The van der Waals surface area contributed by atoms with Crippen LogP contribution in [0.15, 0.2) is 41.2 Å². The van der Waals surface area contributed by atoms with Crippen molar-refractivity contribution in [3.05, 3.63) is 42.4 Å². The van der Waals surface area contributed by atoms with Gasteiger partial charge in [0.2, 0.25) is 5.88 Å². The van der Waals surface area contributed by atoms with Crippen molar-refractivity contribution >= 4 is 34.3 Å². The van der Waals surface area contributed by atoms with Crippen LogP contribution in [0.2, 0.25) is 0 Å². The van der Waals surface area contributed by atoms with E-state index in [1.807, 2.05) is 0 Å². The second kappa shape index (κ2) is 7.48. The topological polar surface area (TPSA) is 123 Å². The molecule has 8 nitrogen and oxygen atoms in total. The number of nitrogens with zero attached hydrogens (tertiary/aromatic N) is 3. The largest absolute Gasteiger partial charge is 0.438 e. The molecule has 3 aromatic rings. The summed E-state index contributed by atoms with van der Waals surface area (Å²) in [5.74, 6) is -2.27. The number of pyridine rings is 2. The number of halogens is 3. The van der Waals surface area contributed by atoms with Crippen LogP contribution < -0.4 is 21.7 Å². The molecule has 11 heteroatoms. The highest BCUT2D eigenvalue weighted by molar-refractivity contribution is 6.15. The van der Waals surface area contributed by atoms with Crippen molar-refractivity contribution in [1.82, 2.24) is 9.97 Å². The van der Waals surface area contributed by atoms with Crippen LogP contribution >= 0.6 is 0 Å². The predicted molar refractivity (Wildman–Crippen MR) is 105 cm³/mol. The van der Waals surface area contributed by atoms with E-state index < -0.39 is 24.0 Å². The van der Waals surface area contributed by atoms with E-state index in [1.54, 1.807) is 12.1 Å². The van der Waals surface area contributed by atoms with Crippen LogP contribution in [0.3, 0.4) is 0 Å². The highest BCUT2D eigenvalue weighted by atomic mass is 19.4. The Bertz CT molecular complexity index is 1080. The molecule has 1 fully saturated rings. The lowest BCUT2D eigenvalue weighted by Crippen LogP contribution is -2.51. The summed E-state index contributed by atoms with van der Waals surface area (Å²) in [6, 6.07) is 4.15. The molecular weight excluding hydrogens is 401 g/mol. The summed E-state index contributed by atoms with van der Waals surface area (Å²) in [5, 5.41) is 2.67. The van der Waals surface area contributed by atoms with Crippen molar-refractivity contribution in [2.45, 2.75) is 18.6 Å². The first-order valence-corrected chi connectivity index (χ1v) is 9.19.